The summed E-state index contributed by atoms with van der Waals surface area (Å²) in [5.74, 6) is -0.160. The number of benzene rings is 1. The first-order chi connectivity index (χ1) is 13.5. The number of piperazine rings is 1. The summed E-state index contributed by atoms with van der Waals surface area (Å²) >= 11 is 5.18. The number of rotatable bonds is 3. The summed E-state index contributed by atoms with van der Waals surface area (Å²) in [7, 11) is -3.55. The summed E-state index contributed by atoms with van der Waals surface area (Å²) in [6.45, 7) is 1.28. The summed E-state index contributed by atoms with van der Waals surface area (Å²) in [5.41, 5.74) is 2.86. The number of amides is 1. The van der Waals surface area contributed by atoms with Crippen LogP contribution in [0.4, 0.5) is 0 Å². The van der Waals surface area contributed by atoms with Crippen LogP contribution in [0.5, 0.6) is 0 Å². The van der Waals surface area contributed by atoms with Gasteiger partial charge in [0, 0.05) is 32.4 Å². The molecule has 0 bridgehead atoms. The molecule has 0 radical (unpaired) electrons. The lowest BCUT2D eigenvalue weighted by atomic mass is 9.92. The van der Waals surface area contributed by atoms with Crippen molar-refractivity contribution in [1.82, 2.24) is 14.2 Å². The number of aromatic amines is 1. The Morgan fingerprint density at radius 2 is 1.71 bits per heavy atom. The van der Waals surface area contributed by atoms with Gasteiger partial charge in [-0.15, -0.1) is 0 Å². The van der Waals surface area contributed by atoms with Crippen LogP contribution < -0.4 is 0 Å². The zero-order valence-corrected chi connectivity index (χ0v) is 17.2. The number of aryl methyl sites for hydroxylation is 2. The van der Waals surface area contributed by atoms with E-state index in [1.165, 1.54) is 16.3 Å². The Bertz CT molecular complexity index is 1050. The fourth-order valence-corrected chi connectivity index (χ4v) is 5.61. The molecule has 1 amide bonds. The summed E-state index contributed by atoms with van der Waals surface area (Å²) in [6, 6.07) is 8.94. The smallest absolute Gasteiger partial charge is 0.256 e. The molecule has 0 spiro atoms. The second kappa shape index (κ2) is 7.77. The van der Waals surface area contributed by atoms with Crippen molar-refractivity contribution < 1.29 is 13.2 Å². The molecule has 1 N–H and O–H groups in total. The lowest BCUT2D eigenvalue weighted by molar-refractivity contribution is 0.0697. The van der Waals surface area contributed by atoms with Crippen molar-refractivity contribution in [2.45, 2.75) is 30.6 Å². The average Bonchev–Trinajstić information content (AvgIpc) is 2.73. The van der Waals surface area contributed by atoms with Gasteiger partial charge in [-0.3, -0.25) is 4.79 Å². The van der Waals surface area contributed by atoms with Crippen molar-refractivity contribution in [2.24, 2.45) is 0 Å². The van der Waals surface area contributed by atoms with E-state index in [-0.39, 0.29) is 19.0 Å². The molecule has 1 aliphatic carbocycles. The number of fused-ring (bicyclic) bond motifs is 1. The van der Waals surface area contributed by atoms with Gasteiger partial charge in [0.1, 0.15) is 4.64 Å². The molecular weight excluding hydrogens is 394 g/mol. The fraction of sp³-hybridized carbons (Fsp3) is 0.400. The van der Waals surface area contributed by atoms with Crippen LogP contribution >= 0.6 is 12.2 Å². The molecule has 4 rings (SSSR count). The number of aromatic nitrogens is 1. The minimum Gasteiger partial charge on any atom is -0.352 e. The number of nitrogens with zero attached hydrogens (tertiary/aromatic N) is 2. The Labute approximate surface area is 170 Å². The third kappa shape index (κ3) is 3.64. The molecular formula is C20H23N3O3S2. The maximum Gasteiger partial charge on any atom is 0.256 e. The molecule has 0 unspecified atom stereocenters. The van der Waals surface area contributed by atoms with Crippen LogP contribution in [0.3, 0.4) is 0 Å². The minimum absolute atomic E-state index is 0.160. The van der Waals surface area contributed by atoms with Gasteiger partial charge in [-0.2, -0.15) is 4.31 Å². The maximum atomic E-state index is 13.1. The number of pyridine rings is 1. The average molecular weight is 418 g/mol. The molecule has 1 fully saturated rings. The van der Waals surface area contributed by atoms with Crippen LogP contribution in [0.25, 0.3) is 0 Å². The lowest BCUT2D eigenvalue weighted by Crippen LogP contribution is -2.50. The molecule has 1 aromatic carbocycles. The molecule has 1 aromatic heterocycles. The summed E-state index contributed by atoms with van der Waals surface area (Å²) in [5, 5.41) is 0. The monoisotopic (exact) mass is 417 g/mol. The third-order valence-corrected chi connectivity index (χ3v) is 7.76. The van der Waals surface area contributed by atoms with E-state index in [2.05, 4.69) is 4.98 Å². The van der Waals surface area contributed by atoms with Gasteiger partial charge in [0.15, 0.2) is 0 Å². The number of hydrogen-bond acceptors (Lipinski definition) is 4. The number of sulfonamides is 1. The van der Waals surface area contributed by atoms with Crippen molar-refractivity contribution in [3.8, 4) is 0 Å². The first kappa shape index (κ1) is 19.3. The van der Waals surface area contributed by atoms with Crippen LogP contribution in [-0.2, 0) is 22.9 Å². The van der Waals surface area contributed by atoms with Crippen molar-refractivity contribution in [2.75, 3.05) is 26.2 Å². The highest BCUT2D eigenvalue weighted by molar-refractivity contribution is 7.89. The van der Waals surface area contributed by atoms with Crippen LogP contribution in [0.2, 0.25) is 0 Å². The van der Waals surface area contributed by atoms with Gasteiger partial charge in [0.25, 0.3) is 5.91 Å². The van der Waals surface area contributed by atoms with Crippen LogP contribution in [0, 0.1) is 4.64 Å². The van der Waals surface area contributed by atoms with Crippen molar-refractivity contribution in [1.29, 1.82) is 0 Å². The minimum atomic E-state index is -3.55. The maximum absolute atomic E-state index is 13.1. The van der Waals surface area contributed by atoms with Crippen LogP contribution in [-0.4, -0.2) is 54.7 Å². The van der Waals surface area contributed by atoms with Gasteiger partial charge >= 0.3 is 0 Å². The van der Waals surface area contributed by atoms with E-state index >= 15 is 0 Å². The third-order valence-electron chi connectivity index (χ3n) is 5.53. The molecule has 1 aliphatic heterocycles. The molecule has 2 aromatic rings. The normalized spacial score (nSPS) is 17.9. The summed E-state index contributed by atoms with van der Waals surface area (Å²) < 4.78 is 28.0. The van der Waals surface area contributed by atoms with E-state index in [0.29, 0.717) is 28.2 Å². The lowest BCUT2D eigenvalue weighted by Gasteiger charge is -2.34. The van der Waals surface area contributed by atoms with E-state index in [4.69, 9.17) is 12.2 Å². The van der Waals surface area contributed by atoms with Gasteiger partial charge in [0.05, 0.1) is 10.5 Å². The zero-order valence-electron chi connectivity index (χ0n) is 15.6. The van der Waals surface area contributed by atoms with E-state index in [0.717, 1.165) is 24.8 Å². The highest BCUT2D eigenvalue weighted by Crippen LogP contribution is 2.26. The Balaban J connectivity index is 1.48. The Morgan fingerprint density at radius 1 is 1.00 bits per heavy atom. The Hall–Kier alpha value is -2.03. The Kier molecular flexibility index (Phi) is 5.35. The van der Waals surface area contributed by atoms with Crippen molar-refractivity contribution in [3.05, 3.63) is 57.9 Å². The molecule has 28 heavy (non-hydrogen) atoms. The van der Waals surface area contributed by atoms with E-state index in [1.807, 2.05) is 12.1 Å². The second-order valence-electron chi connectivity index (χ2n) is 7.25. The summed E-state index contributed by atoms with van der Waals surface area (Å²) in [6.07, 6.45) is 5.93. The number of nitrogens with one attached hydrogen (secondary N) is 1. The van der Waals surface area contributed by atoms with Gasteiger partial charge in [-0.05, 0) is 61.1 Å². The molecule has 2 aliphatic rings. The number of H-pyrrole nitrogens is 1. The quantitative estimate of drug-likeness (QED) is 0.780. The standard InChI is InChI=1S/C20H23N3O3S2/c24-20(18-6-3-9-21-19(18)27)22-10-12-23(13-11-22)28(25,26)17-8-7-15-4-1-2-5-16(15)14-17/h3,6-9,14H,1-2,4-5,10-13H2,(H,21,27). The van der Waals surface area contributed by atoms with Crippen molar-refractivity contribution in [3.63, 3.8) is 0 Å². The van der Waals surface area contributed by atoms with Gasteiger partial charge in [-0.1, -0.05) is 18.3 Å². The first-order valence-electron chi connectivity index (χ1n) is 9.56. The van der Waals surface area contributed by atoms with E-state index in [9.17, 15) is 13.2 Å². The molecule has 1 saturated heterocycles. The van der Waals surface area contributed by atoms with E-state index < -0.39 is 10.0 Å². The number of carbonyl (C=O) groups excluding carboxylic acids is 1. The van der Waals surface area contributed by atoms with Gasteiger partial charge in [0.2, 0.25) is 10.0 Å². The largest absolute Gasteiger partial charge is 0.352 e. The molecule has 6 nitrogen and oxygen atoms in total. The molecule has 8 heteroatoms. The van der Waals surface area contributed by atoms with E-state index in [1.54, 1.807) is 29.3 Å². The predicted octanol–water partition coefficient (Wildman–Crippen LogP) is 2.77. The topological polar surface area (TPSA) is 73.5 Å². The molecule has 2 heterocycles. The van der Waals surface area contributed by atoms with Crippen LogP contribution in [0.1, 0.15) is 34.3 Å². The van der Waals surface area contributed by atoms with Crippen LogP contribution in [0.15, 0.2) is 41.4 Å². The molecule has 0 atom stereocenters. The molecule has 148 valence electrons. The Morgan fingerprint density at radius 3 is 2.43 bits per heavy atom. The SMILES string of the molecule is O=C(c1ccc[nH]c1=S)N1CCN(S(=O)(=O)c2ccc3c(c2)CCCC3)CC1. The van der Waals surface area contributed by atoms with Crippen molar-refractivity contribution >= 4 is 28.1 Å². The molecule has 0 saturated carbocycles. The second-order valence-corrected chi connectivity index (χ2v) is 9.59. The first-order valence-corrected chi connectivity index (χ1v) is 11.4. The number of carbonyl (C=O) groups is 1. The zero-order chi connectivity index (χ0) is 19.7. The highest BCUT2D eigenvalue weighted by atomic mass is 32.2. The van der Waals surface area contributed by atoms with Gasteiger partial charge < -0.3 is 9.88 Å². The predicted molar refractivity (Wildman–Crippen MR) is 109 cm³/mol. The summed E-state index contributed by atoms with van der Waals surface area (Å²) in [4.78, 5) is 17.6. The number of hydrogen-bond donors (Lipinski definition) is 1. The fourth-order valence-electron chi connectivity index (χ4n) is 3.91. The van der Waals surface area contributed by atoms with Gasteiger partial charge in [-0.25, -0.2) is 8.42 Å². The highest BCUT2D eigenvalue weighted by Gasteiger charge is 2.31.